The van der Waals surface area contributed by atoms with E-state index >= 15 is 0 Å². The quantitative estimate of drug-likeness (QED) is 0.336. The minimum absolute atomic E-state index is 0.0452. The number of nitrogens with zero attached hydrogens (tertiary/aromatic N) is 6. The maximum atomic E-state index is 12.8. The number of nitrogens with two attached hydrogens (primary N) is 1. The summed E-state index contributed by atoms with van der Waals surface area (Å²) >= 11 is 0. The van der Waals surface area contributed by atoms with Crippen molar-refractivity contribution in [3.8, 4) is 22.8 Å². The van der Waals surface area contributed by atoms with Crippen molar-refractivity contribution in [3.05, 3.63) is 54.5 Å². The molecule has 4 aromatic rings. The lowest BCUT2D eigenvalue weighted by atomic mass is 10.1. The average Bonchev–Trinajstić information content (AvgIpc) is 3.28. The fraction of sp³-hybridized carbons (Fsp3) is 0.227. The molecule has 4 N–H and O–H groups in total. The molecule has 13 nitrogen and oxygen atoms in total. The number of carbonyl (C=O) groups is 1. The smallest absolute Gasteiger partial charge is 0.394 e. The molecule has 1 aromatic carbocycles. The molecule has 0 unspecified atom stereocenters. The molecular formula is C22H23N7O6S. The summed E-state index contributed by atoms with van der Waals surface area (Å²) < 4.78 is 37.3. The highest BCUT2D eigenvalue weighted by atomic mass is 32.3. The summed E-state index contributed by atoms with van der Waals surface area (Å²) in [5.74, 6) is 0.561. The molecule has 1 aliphatic rings. The lowest BCUT2D eigenvalue weighted by molar-refractivity contribution is 0.0664. The van der Waals surface area contributed by atoms with Crippen LogP contribution in [-0.4, -0.2) is 86.4 Å². The molecule has 14 heteroatoms. The number of aromatic nitrogens is 4. The molecule has 3 aromatic heterocycles. The normalized spacial score (nSPS) is 14.4. The third-order valence-corrected chi connectivity index (χ3v) is 5.41. The van der Waals surface area contributed by atoms with Crippen LogP contribution in [0.1, 0.15) is 10.4 Å². The van der Waals surface area contributed by atoms with E-state index in [0.717, 1.165) is 31.7 Å². The number of pyridine rings is 1. The molecule has 0 spiro atoms. The average molecular weight is 514 g/mol. The predicted octanol–water partition coefficient (Wildman–Crippen LogP) is 1.66. The minimum Gasteiger partial charge on any atom is -0.434 e. The van der Waals surface area contributed by atoms with Crippen LogP contribution in [0.25, 0.3) is 33.9 Å². The first-order valence-corrected chi connectivity index (χ1v) is 12.1. The van der Waals surface area contributed by atoms with Gasteiger partial charge in [-0.15, -0.1) is 0 Å². The summed E-state index contributed by atoms with van der Waals surface area (Å²) in [7, 11) is -2.60. The Kier molecular flexibility index (Phi) is 7.21. The Morgan fingerprint density at radius 1 is 1.03 bits per heavy atom. The van der Waals surface area contributed by atoms with E-state index in [4.69, 9.17) is 27.7 Å². The van der Waals surface area contributed by atoms with Crippen LogP contribution in [-0.2, 0) is 10.4 Å². The van der Waals surface area contributed by atoms with Gasteiger partial charge in [0.15, 0.2) is 17.1 Å². The molecule has 188 valence electrons. The summed E-state index contributed by atoms with van der Waals surface area (Å²) in [4.78, 5) is 34.2. The van der Waals surface area contributed by atoms with Crippen molar-refractivity contribution in [3.63, 3.8) is 0 Å². The van der Waals surface area contributed by atoms with Crippen molar-refractivity contribution < 1.29 is 26.7 Å². The number of carbonyl (C=O) groups excluding carboxylic acids is 1. The Bertz CT molecular complexity index is 1440. The van der Waals surface area contributed by atoms with E-state index in [9.17, 15) is 4.79 Å². The first kappa shape index (κ1) is 25.1. The van der Waals surface area contributed by atoms with Crippen molar-refractivity contribution >= 4 is 33.2 Å². The lowest BCUT2D eigenvalue weighted by Crippen LogP contribution is -2.47. The summed E-state index contributed by atoms with van der Waals surface area (Å²) in [5, 5.41) is 0. The van der Waals surface area contributed by atoms with Crippen molar-refractivity contribution in [2.45, 2.75) is 0 Å². The van der Waals surface area contributed by atoms with Crippen LogP contribution in [0.4, 0.5) is 5.82 Å². The van der Waals surface area contributed by atoms with Crippen LogP contribution in [0.5, 0.6) is 0 Å². The molecule has 0 saturated carbocycles. The van der Waals surface area contributed by atoms with E-state index in [1.807, 2.05) is 29.2 Å². The number of nitrogen functional groups attached to an aromatic ring is 1. The van der Waals surface area contributed by atoms with Crippen LogP contribution in [0.15, 0.2) is 53.3 Å². The first-order valence-electron chi connectivity index (χ1n) is 10.7. The number of rotatable bonds is 3. The number of oxazole rings is 1. The Hall–Kier alpha value is -3.98. The van der Waals surface area contributed by atoms with E-state index in [2.05, 4.69) is 31.9 Å². The Morgan fingerprint density at radius 2 is 1.69 bits per heavy atom. The van der Waals surface area contributed by atoms with Gasteiger partial charge in [-0.25, -0.2) is 15.0 Å². The van der Waals surface area contributed by atoms with Gasteiger partial charge in [0, 0.05) is 49.6 Å². The van der Waals surface area contributed by atoms with Crippen LogP contribution < -0.4 is 5.73 Å². The summed E-state index contributed by atoms with van der Waals surface area (Å²) in [5.41, 5.74) is 9.71. The highest BCUT2D eigenvalue weighted by Crippen LogP contribution is 2.28. The summed E-state index contributed by atoms with van der Waals surface area (Å²) in [6.07, 6.45) is 4.85. The van der Waals surface area contributed by atoms with Gasteiger partial charge in [0.1, 0.15) is 5.52 Å². The fourth-order valence-corrected chi connectivity index (χ4v) is 3.55. The van der Waals surface area contributed by atoms with Crippen LogP contribution in [0.2, 0.25) is 0 Å². The summed E-state index contributed by atoms with van der Waals surface area (Å²) in [6.45, 7) is 3.26. The second-order valence-corrected chi connectivity index (χ2v) is 8.87. The maximum absolute atomic E-state index is 12.8. The molecule has 1 saturated heterocycles. The van der Waals surface area contributed by atoms with Gasteiger partial charge in [0.05, 0.1) is 18.1 Å². The molecular weight excluding hydrogens is 490 g/mol. The van der Waals surface area contributed by atoms with Crippen molar-refractivity contribution in [1.29, 1.82) is 0 Å². The molecule has 1 fully saturated rings. The van der Waals surface area contributed by atoms with Crippen molar-refractivity contribution in [2.75, 3.05) is 39.0 Å². The zero-order valence-corrected chi connectivity index (χ0v) is 20.0. The maximum Gasteiger partial charge on any atom is 0.394 e. The molecule has 0 atom stereocenters. The molecule has 5 rings (SSSR count). The topological polar surface area (TPSA) is 189 Å². The van der Waals surface area contributed by atoms with Gasteiger partial charge in [-0.05, 0) is 19.2 Å². The van der Waals surface area contributed by atoms with E-state index in [1.165, 1.54) is 0 Å². The molecule has 1 amide bonds. The van der Waals surface area contributed by atoms with Crippen LogP contribution in [0, 0.1) is 0 Å². The second kappa shape index (κ2) is 10.3. The Labute approximate surface area is 206 Å². The molecule has 36 heavy (non-hydrogen) atoms. The molecule has 0 bridgehead atoms. The number of amides is 1. The largest absolute Gasteiger partial charge is 0.434 e. The van der Waals surface area contributed by atoms with Gasteiger partial charge >= 0.3 is 10.4 Å². The standard InChI is InChI=1S/C22H21N7O2.H2O4S/c1-28-8-10-29(11-9-28)22(30)15-4-2-14(3-5-15)16-13-25-20(23)19(26-16)21-27-17-12-24-7-6-18(17)31-21;1-5(2,3)4/h2-7,12-13H,8-11H2,1H3,(H2,23,25);(H2,1,2,3,4). The van der Waals surface area contributed by atoms with Gasteiger partial charge in [0.25, 0.3) is 5.91 Å². The number of benzene rings is 1. The number of piperazine rings is 1. The SMILES string of the molecule is CN1CCN(C(=O)c2ccc(-c3cnc(N)c(-c4nc5cnccc5o4)n3)cc2)CC1.O=S(=O)(O)O. The Balaban J connectivity index is 0.000000556. The fourth-order valence-electron chi connectivity index (χ4n) is 3.55. The predicted molar refractivity (Wildman–Crippen MR) is 130 cm³/mol. The highest BCUT2D eigenvalue weighted by Gasteiger charge is 2.21. The molecule has 0 radical (unpaired) electrons. The highest BCUT2D eigenvalue weighted by molar-refractivity contribution is 7.79. The number of fused-ring (bicyclic) bond motifs is 1. The lowest BCUT2D eigenvalue weighted by Gasteiger charge is -2.32. The Morgan fingerprint density at radius 3 is 2.33 bits per heavy atom. The number of hydrogen-bond donors (Lipinski definition) is 3. The molecule has 1 aliphatic heterocycles. The van der Waals surface area contributed by atoms with Gasteiger partial charge in [-0.3, -0.25) is 18.9 Å². The van der Waals surface area contributed by atoms with Crippen molar-refractivity contribution in [1.82, 2.24) is 29.7 Å². The number of hydrogen-bond acceptors (Lipinski definition) is 10. The van der Waals surface area contributed by atoms with Gasteiger partial charge in [-0.1, -0.05) is 12.1 Å². The second-order valence-electron chi connectivity index (χ2n) is 7.97. The van der Waals surface area contributed by atoms with Crippen molar-refractivity contribution in [2.24, 2.45) is 0 Å². The van der Waals surface area contributed by atoms with Gasteiger partial charge in [-0.2, -0.15) is 8.42 Å². The monoisotopic (exact) mass is 513 g/mol. The van der Waals surface area contributed by atoms with Crippen LogP contribution in [0.3, 0.4) is 0 Å². The van der Waals surface area contributed by atoms with E-state index in [0.29, 0.717) is 28.1 Å². The van der Waals surface area contributed by atoms with Gasteiger partial charge < -0.3 is 20.0 Å². The van der Waals surface area contributed by atoms with E-state index in [-0.39, 0.29) is 17.6 Å². The minimum atomic E-state index is -4.67. The molecule has 4 heterocycles. The third kappa shape index (κ3) is 6.17. The van der Waals surface area contributed by atoms with Gasteiger partial charge in [0.2, 0.25) is 5.89 Å². The zero-order chi connectivity index (χ0) is 25.9. The number of likely N-dealkylation sites (N-methyl/N-ethyl adjacent to an activating group) is 1. The molecule has 0 aliphatic carbocycles. The van der Waals surface area contributed by atoms with Crippen LogP contribution >= 0.6 is 0 Å². The van der Waals surface area contributed by atoms with E-state index in [1.54, 1.807) is 24.7 Å². The summed E-state index contributed by atoms with van der Waals surface area (Å²) in [6, 6.07) is 9.10. The zero-order valence-electron chi connectivity index (χ0n) is 19.1. The number of anilines is 1. The van der Waals surface area contributed by atoms with E-state index < -0.39 is 10.4 Å². The first-order chi connectivity index (χ1) is 17.1. The third-order valence-electron chi connectivity index (χ3n) is 5.41.